The van der Waals surface area contributed by atoms with E-state index in [2.05, 4.69) is 102 Å². The number of aromatic nitrogens is 3. The number of nitrogens with zero attached hydrogens (tertiary/aromatic N) is 3. The van der Waals surface area contributed by atoms with E-state index in [4.69, 9.17) is 10.1 Å². The molecule has 0 saturated carbocycles. The third kappa shape index (κ3) is 2.99. The Balaban J connectivity index is 1.50. The van der Waals surface area contributed by atoms with Gasteiger partial charge in [0.25, 0.3) is 0 Å². The van der Waals surface area contributed by atoms with Crippen LogP contribution in [0.1, 0.15) is 0 Å². The molecule has 0 saturated heterocycles. The molecule has 186 valence electrons. The summed E-state index contributed by atoms with van der Waals surface area (Å²) in [4.78, 5) is 5.03. The fraction of sp³-hybridized carbons (Fsp3) is 0. The van der Waals surface area contributed by atoms with Crippen LogP contribution in [0.15, 0.2) is 115 Å². The lowest BCUT2D eigenvalue weighted by atomic mass is 9.99. The van der Waals surface area contributed by atoms with Crippen LogP contribution >= 0.6 is 11.3 Å². The molecule has 0 atom stereocenters. The fourth-order valence-corrected chi connectivity index (χ4v) is 7.40. The second-order valence-electron chi connectivity index (χ2n) is 10.4. The minimum absolute atomic E-state index is 0.764. The normalized spacial score (nSPS) is 12.1. The van der Waals surface area contributed by atoms with Gasteiger partial charge in [0, 0.05) is 36.3 Å². The molecule has 6 aromatic carbocycles. The molecule has 4 heteroatoms. The van der Waals surface area contributed by atoms with Crippen LogP contribution in [0.4, 0.5) is 0 Å². The zero-order chi connectivity index (χ0) is 26.4. The summed E-state index contributed by atoms with van der Waals surface area (Å²) in [5, 5.41) is 14.3. The van der Waals surface area contributed by atoms with Gasteiger partial charge in [-0.15, -0.1) is 11.3 Å². The summed E-state index contributed by atoms with van der Waals surface area (Å²) < 4.78 is 4.62. The Morgan fingerprint density at radius 1 is 0.575 bits per heavy atom. The molecule has 3 nitrogen and oxygen atoms in total. The van der Waals surface area contributed by atoms with Crippen molar-refractivity contribution >= 4 is 87.1 Å². The average Bonchev–Trinajstić information content (AvgIpc) is 3.50. The first-order valence-electron chi connectivity index (χ1n) is 13.4. The summed E-state index contributed by atoms with van der Waals surface area (Å²) in [6.45, 7) is 4.52. The molecular weight excluding hydrogens is 506 g/mol. The minimum atomic E-state index is 0.764. The smallest absolute Gasteiger partial charge is 0.110 e. The maximum absolute atomic E-state index is 5.20. The Kier molecular flexibility index (Phi) is 4.35. The second-order valence-corrected chi connectivity index (χ2v) is 11.5. The van der Waals surface area contributed by atoms with E-state index in [1.165, 1.54) is 52.8 Å². The molecule has 9 aromatic rings. The first-order valence-corrected chi connectivity index (χ1v) is 14.2. The molecule has 0 bridgehead atoms. The molecule has 3 heterocycles. The number of hydrogen-bond acceptors (Lipinski definition) is 3. The van der Waals surface area contributed by atoms with Crippen molar-refractivity contribution in [1.82, 2.24) is 14.6 Å². The third-order valence-corrected chi connectivity index (χ3v) is 9.20. The van der Waals surface area contributed by atoms with E-state index in [1.807, 2.05) is 35.6 Å². The van der Waals surface area contributed by atoms with E-state index < -0.39 is 0 Å². The van der Waals surface area contributed by atoms with Crippen molar-refractivity contribution in [3.05, 3.63) is 121 Å². The lowest BCUT2D eigenvalue weighted by Gasteiger charge is -2.05. The van der Waals surface area contributed by atoms with E-state index >= 15 is 0 Å². The van der Waals surface area contributed by atoms with Gasteiger partial charge >= 0.3 is 0 Å². The van der Waals surface area contributed by atoms with Crippen LogP contribution in [-0.4, -0.2) is 14.6 Å². The van der Waals surface area contributed by atoms with E-state index in [0.717, 1.165) is 32.8 Å². The molecule has 0 spiro atoms. The number of para-hydroxylation sites is 1. The van der Waals surface area contributed by atoms with Gasteiger partial charge in [-0.2, -0.15) is 5.10 Å². The monoisotopic (exact) mass is 527 g/mol. The number of fused-ring (bicyclic) bond motifs is 9. The maximum Gasteiger partial charge on any atom is 0.110 e. The van der Waals surface area contributed by atoms with Crippen molar-refractivity contribution in [2.24, 2.45) is 0 Å². The summed E-state index contributed by atoms with van der Waals surface area (Å²) in [5.74, 6) is 0. The molecular formula is C36H21N3S. The third-order valence-electron chi connectivity index (χ3n) is 8.08. The molecule has 40 heavy (non-hydrogen) atoms. The number of hydrogen-bond donors (Lipinski definition) is 0. The first-order chi connectivity index (χ1) is 19.7. The Bertz CT molecular complexity index is 2570. The Hall–Kier alpha value is -5.06. The van der Waals surface area contributed by atoms with Crippen LogP contribution in [0.3, 0.4) is 0 Å². The zero-order valence-corrected chi connectivity index (χ0v) is 22.2. The molecule has 0 aliphatic heterocycles. The van der Waals surface area contributed by atoms with E-state index in [-0.39, 0.29) is 0 Å². The predicted molar refractivity (Wildman–Crippen MR) is 171 cm³/mol. The van der Waals surface area contributed by atoms with Crippen LogP contribution in [0.25, 0.3) is 86.9 Å². The van der Waals surface area contributed by atoms with Gasteiger partial charge in [0.2, 0.25) is 0 Å². The summed E-state index contributed by atoms with van der Waals surface area (Å²) in [6, 6.07) is 41.0. The van der Waals surface area contributed by atoms with Gasteiger partial charge in [0.1, 0.15) is 5.52 Å². The topological polar surface area (TPSA) is 30.2 Å². The van der Waals surface area contributed by atoms with Gasteiger partial charge in [-0.1, -0.05) is 79.4 Å². The average molecular weight is 528 g/mol. The Morgan fingerprint density at radius 2 is 1.32 bits per heavy atom. The van der Waals surface area contributed by atoms with Crippen molar-refractivity contribution in [3.8, 4) is 11.1 Å². The van der Waals surface area contributed by atoms with E-state index in [1.54, 1.807) is 0 Å². The first kappa shape index (κ1) is 21.8. The maximum atomic E-state index is 5.20. The molecule has 0 aliphatic carbocycles. The van der Waals surface area contributed by atoms with Crippen molar-refractivity contribution in [2.45, 2.75) is 0 Å². The molecule has 0 aliphatic rings. The Labute approximate surface area is 232 Å². The van der Waals surface area contributed by atoms with Crippen LogP contribution in [0.2, 0.25) is 0 Å². The van der Waals surface area contributed by atoms with Gasteiger partial charge in [0.15, 0.2) is 0 Å². The van der Waals surface area contributed by atoms with Crippen LogP contribution in [-0.2, 0) is 0 Å². The standard InChI is InChI=1S/C36H21N3S/c1-21-34-35-26-10-4-7-13-32(26)40-33(35)20-28-27-19-25(24-15-14-22-8-2-3-9-23(22)18-24)16-17-31(27)39(36(28)34)38-30-12-6-5-11-29(30)37-21/h2-20H,1H2. The molecule has 3 aromatic heterocycles. The SMILES string of the molecule is C=c1nc2ccccc2nn2c3ccc(-c4ccc5ccccc5c4)cc3c3cc4sc5ccccc5c4c1c32. The largest absolute Gasteiger partial charge is 0.247 e. The second kappa shape index (κ2) is 7.98. The lowest BCUT2D eigenvalue weighted by molar-refractivity contribution is 1.02. The van der Waals surface area contributed by atoms with Crippen LogP contribution < -0.4 is 5.35 Å². The number of thiophene rings is 1. The predicted octanol–water partition coefficient (Wildman–Crippen LogP) is 9.07. The van der Waals surface area contributed by atoms with E-state index in [0.29, 0.717) is 0 Å². The molecule has 0 N–H and O–H groups in total. The summed E-state index contributed by atoms with van der Waals surface area (Å²) >= 11 is 1.83. The number of benzene rings is 6. The lowest BCUT2D eigenvalue weighted by Crippen LogP contribution is -2.07. The summed E-state index contributed by atoms with van der Waals surface area (Å²) in [6.07, 6.45) is 0. The summed E-state index contributed by atoms with van der Waals surface area (Å²) in [7, 11) is 0. The minimum Gasteiger partial charge on any atom is -0.247 e. The van der Waals surface area contributed by atoms with Crippen molar-refractivity contribution in [2.75, 3.05) is 0 Å². The number of rotatable bonds is 1. The van der Waals surface area contributed by atoms with Crippen LogP contribution in [0, 0.1) is 0 Å². The fourth-order valence-electron chi connectivity index (χ4n) is 6.24. The highest BCUT2D eigenvalue weighted by molar-refractivity contribution is 7.26. The highest BCUT2D eigenvalue weighted by Crippen LogP contribution is 2.42. The van der Waals surface area contributed by atoms with E-state index in [9.17, 15) is 0 Å². The van der Waals surface area contributed by atoms with Crippen molar-refractivity contribution < 1.29 is 0 Å². The van der Waals surface area contributed by atoms with Gasteiger partial charge in [0.05, 0.1) is 21.9 Å². The van der Waals surface area contributed by atoms with Gasteiger partial charge < -0.3 is 0 Å². The zero-order valence-electron chi connectivity index (χ0n) is 21.4. The van der Waals surface area contributed by atoms with Crippen molar-refractivity contribution in [1.29, 1.82) is 0 Å². The molecule has 0 amide bonds. The molecule has 0 unspecified atom stereocenters. The molecule has 0 fully saturated rings. The molecule has 9 rings (SSSR count). The summed E-state index contributed by atoms with van der Waals surface area (Å²) in [5.41, 5.74) is 6.20. The van der Waals surface area contributed by atoms with Crippen LogP contribution in [0.5, 0.6) is 0 Å². The Morgan fingerprint density at radius 3 is 2.25 bits per heavy atom. The van der Waals surface area contributed by atoms with Gasteiger partial charge in [-0.05, 0) is 64.4 Å². The quantitative estimate of drug-likeness (QED) is 0.213. The van der Waals surface area contributed by atoms with Gasteiger partial charge in [-0.25, -0.2) is 9.50 Å². The van der Waals surface area contributed by atoms with Gasteiger partial charge in [-0.3, -0.25) is 0 Å². The highest BCUT2D eigenvalue weighted by Gasteiger charge is 2.19. The molecule has 0 radical (unpaired) electrons. The van der Waals surface area contributed by atoms with Crippen molar-refractivity contribution in [3.63, 3.8) is 0 Å². The highest BCUT2D eigenvalue weighted by atomic mass is 32.1.